The van der Waals surface area contributed by atoms with E-state index in [1.54, 1.807) is 6.07 Å². The van der Waals surface area contributed by atoms with Crippen molar-refractivity contribution in [3.63, 3.8) is 0 Å². The van der Waals surface area contributed by atoms with Crippen LogP contribution < -0.4 is 0 Å². The molecule has 0 amide bonds. The Labute approximate surface area is 237 Å². The molecular formula is C32H44O8. The minimum Gasteiger partial charge on any atom is -0.478 e. The van der Waals surface area contributed by atoms with Crippen LogP contribution in [0.2, 0.25) is 0 Å². The lowest BCUT2D eigenvalue weighted by Gasteiger charge is -2.18. The smallest absolute Gasteiger partial charge is 0.339 e. The van der Waals surface area contributed by atoms with Crippen molar-refractivity contribution in [1.29, 1.82) is 0 Å². The number of esters is 2. The summed E-state index contributed by atoms with van der Waals surface area (Å²) >= 11 is 0. The van der Waals surface area contributed by atoms with E-state index in [1.165, 1.54) is 24.3 Å². The van der Waals surface area contributed by atoms with Crippen molar-refractivity contribution in [2.75, 3.05) is 13.2 Å². The van der Waals surface area contributed by atoms with E-state index < -0.39 is 17.9 Å². The van der Waals surface area contributed by atoms with E-state index >= 15 is 0 Å². The van der Waals surface area contributed by atoms with Gasteiger partial charge in [-0.25, -0.2) is 19.2 Å². The van der Waals surface area contributed by atoms with Gasteiger partial charge >= 0.3 is 23.9 Å². The maximum absolute atomic E-state index is 13.0. The first-order valence-corrected chi connectivity index (χ1v) is 14.3. The number of carboxylic acids is 2. The predicted molar refractivity (Wildman–Crippen MR) is 154 cm³/mol. The van der Waals surface area contributed by atoms with Crippen LogP contribution in [0, 0.1) is 0 Å². The summed E-state index contributed by atoms with van der Waals surface area (Å²) in [5, 5.41) is 17.1. The molecule has 0 radical (unpaired) electrons. The van der Waals surface area contributed by atoms with Crippen molar-refractivity contribution in [3.05, 3.63) is 69.8 Å². The molecule has 0 aliphatic heterocycles. The van der Waals surface area contributed by atoms with Crippen molar-refractivity contribution in [2.24, 2.45) is 0 Å². The number of rotatable bonds is 16. The normalized spacial score (nSPS) is 10.3. The zero-order valence-corrected chi connectivity index (χ0v) is 24.3. The summed E-state index contributed by atoms with van der Waals surface area (Å²) in [5.41, 5.74) is 2.53. The molecule has 0 unspecified atom stereocenters. The number of benzene rings is 2. The molecule has 0 atom stereocenters. The van der Waals surface area contributed by atoms with Gasteiger partial charge in [0.05, 0.1) is 35.5 Å². The van der Waals surface area contributed by atoms with Crippen LogP contribution in [0.25, 0.3) is 0 Å². The molecule has 2 rings (SSSR count). The molecule has 0 aliphatic rings. The lowest BCUT2D eigenvalue weighted by molar-refractivity contribution is 0.0451. The van der Waals surface area contributed by atoms with Crippen molar-refractivity contribution in [2.45, 2.75) is 91.9 Å². The Morgan fingerprint density at radius 2 is 1.07 bits per heavy atom. The van der Waals surface area contributed by atoms with Gasteiger partial charge in [0.2, 0.25) is 0 Å². The third-order valence-corrected chi connectivity index (χ3v) is 6.26. The van der Waals surface area contributed by atoms with Gasteiger partial charge in [-0.05, 0) is 67.9 Å². The highest BCUT2D eigenvalue weighted by molar-refractivity contribution is 6.04. The number of carboxylic acid groups (broad SMARTS) is 2. The first-order chi connectivity index (χ1) is 19.2. The molecule has 2 aromatic carbocycles. The van der Waals surface area contributed by atoms with E-state index in [4.69, 9.17) is 19.7 Å². The Hall–Kier alpha value is -3.68. The summed E-state index contributed by atoms with van der Waals surface area (Å²) in [7, 11) is 0. The number of aromatic carboxylic acids is 2. The molecule has 0 heterocycles. The van der Waals surface area contributed by atoms with Gasteiger partial charge in [0.1, 0.15) is 0 Å². The summed E-state index contributed by atoms with van der Waals surface area (Å²) < 4.78 is 10.9. The second kappa shape index (κ2) is 19.4. The van der Waals surface area contributed by atoms with Crippen molar-refractivity contribution < 1.29 is 38.9 Å². The molecule has 0 aromatic heterocycles. The Bertz CT molecular complexity index is 1070. The molecule has 0 aliphatic carbocycles. The van der Waals surface area contributed by atoms with Gasteiger partial charge in [-0.1, -0.05) is 71.6 Å². The summed E-state index contributed by atoms with van der Waals surface area (Å²) in [6.07, 6.45) is 9.40. The first-order valence-electron chi connectivity index (χ1n) is 14.3. The monoisotopic (exact) mass is 556 g/mol. The molecule has 0 spiro atoms. The van der Waals surface area contributed by atoms with Crippen LogP contribution in [-0.4, -0.2) is 47.3 Å². The molecule has 0 saturated heterocycles. The average Bonchev–Trinajstić information content (AvgIpc) is 2.95. The van der Waals surface area contributed by atoms with Crippen LogP contribution in [-0.2, 0) is 22.3 Å². The second-order valence-electron chi connectivity index (χ2n) is 9.47. The van der Waals surface area contributed by atoms with Gasteiger partial charge in [-0.3, -0.25) is 0 Å². The molecule has 0 saturated carbocycles. The van der Waals surface area contributed by atoms with Crippen LogP contribution in [0.5, 0.6) is 0 Å². The Morgan fingerprint density at radius 1 is 0.600 bits per heavy atom. The highest BCUT2D eigenvalue weighted by Gasteiger charge is 2.25. The minimum absolute atomic E-state index is 0.190. The van der Waals surface area contributed by atoms with Gasteiger partial charge in [0.15, 0.2) is 0 Å². The molecule has 2 N–H and O–H groups in total. The predicted octanol–water partition coefficient (Wildman–Crippen LogP) is 7.37. The van der Waals surface area contributed by atoms with E-state index in [0.717, 1.165) is 75.3 Å². The number of unbranched alkanes of at least 4 members (excludes halogenated alkanes) is 4. The Balaban J connectivity index is 0.000000552. The zero-order chi connectivity index (χ0) is 29.9. The SMILES string of the molecule is CCCCOC(=O)c1ccc(CCCC)c(CCCC)c1C(=O)OCCCC.O=C(O)c1ccccc1C(=O)O. The second-order valence-corrected chi connectivity index (χ2v) is 9.47. The first kappa shape index (κ1) is 34.3. The summed E-state index contributed by atoms with van der Waals surface area (Å²) in [6.45, 7) is 9.16. The van der Waals surface area contributed by atoms with Gasteiger partial charge in [-0.2, -0.15) is 0 Å². The summed E-state index contributed by atoms with van der Waals surface area (Å²) in [4.78, 5) is 46.6. The fraction of sp³-hybridized carbons (Fsp3) is 0.500. The van der Waals surface area contributed by atoms with E-state index in [0.29, 0.717) is 24.3 Å². The van der Waals surface area contributed by atoms with E-state index in [9.17, 15) is 19.2 Å². The molecule has 40 heavy (non-hydrogen) atoms. The van der Waals surface area contributed by atoms with Crippen molar-refractivity contribution >= 4 is 23.9 Å². The third-order valence-electron chi connectivity index (χ3n) is 6.26. The van der Waals surface area contributed by atoms with Gasteiger partial charge in [0.25, 0.3) is 0 Å². The highest BCUT2D eigenvalue weighted by Crippen LogP contribution is 2.25. The standard InChI is InChI=1S/C24H38O4.C8H6O4/c1-5-9-13-19-15-16-21(23(25)27-17-11-7-3)22(20(19)14-10-6-2)24(26)28-18-12-8-4;9-7(10)5-3-1-2-4-6(5)8(11)12/h15-16H,5-14,17-18H2,1-4H3;1-4H,(H,9,10)(H,11,12). The largest absolute Gasteiger partial charge is 0.478 e. The quantitative estimate of drug-likeness (QED) is 0.162. The number of hydrogen-bond acceptors (Lipinski definition) is 6. The van der Waals surface area contributed by atoms with Crippen molar-refractivity contribution in [3.8, 4) is 0 Å². The number of carbonyl (C=O) groups is 4. The molecule has 2 aromatic rings. The van der Waals surface area contributed by atoms with Crippen LogP contribution in [0.3, 0.4) is 0 Å². The molecule has 0 fully saturated rings. The lowest BCUT2D eigenvalue weighted by Crippen LogP contribution is -2.19. The van der Waals surface area contributed by atoms with Crippen LogP contribution in [0.15, 0.2) is 36.4 Å². The van der Waals surface area contributed by atoms with E-state index in [2.05, 4.69) is 27.7 Å². The van der Waals surface area contributed by atoms with Crippen LogP contribution in [0.4, 0.5) is 0 Å². The third kappa shape index (κ3) is 11.2. The fourth-order valence-corrected chi connectivity index (χ4v) is 3.96. The van der Waals surface area contributed by atoms with Crippen molar-refractivity contribution in [1.82, 2.24) is 0 Å². The van der Waals surface area contributed by atoms with Gasteiger partial charge < -0.3 is 19.7 Å². The zero-order valence-electron chi connectivity index (χ0n) is 24.3. The van der Waals surface area contributed by atoms with E-state index in [-0.39, 0.29) is 17.1 Å². The maximum Gasteiger partial charge on any atom is 0.339 e. The average molecular weight is 557 g/mol. The highest BCUT2D eigenvalue weighted by atomic mass is 16.5. The number of aryl methyl sites for hydroxylation is 1. The fourth-order valence-electron chi connectivity index (χ4n) is 3.96. The number of carbonyl (C=O) groups excluding carboxylic acids is 2. The van der Waals surface area contributed by atoms with Crippen LogP contribution in [0.1, 0.15) is 132 Å². The van der Waals surface area contributed by atoms with Gasteiger partial charge in [-0.15, -0.1) is 0 Å². The Morgan fingerprint density at radius 3 is 1.55 bits per heavy atom. The molecule has 8 nitrogen and oxygen atoms in total. The minimum atomic E-state index is -1.23. The summed E-state index contributed by atoms with van der Waals surface area (Å²) in [5.74, 6) is -3.27. The topological polar surface area (TPSA) is 127 Å². The maximum atomic E-state index is 13.0. The molecule has 8 heteroatoms. The summed E-state index contributed by atoms with van der Waals surface area (Å²) in [6, 6.07) is 9.23. The van der Waals surface area contributed by atoms with Gasteiger partial charge in [0, 0.05) is 0 Å². The Kier molecular flexibility index (Phi) is 16.6. The molecular weight excluding hydrogens is 512 g/mol. The number of ether oxygens (including phenoxy) is 2. The number of hydrogen-bond donors (Lipinski definition) is 2. The molecule has 0 bridgehead atoms. The molecule has 220 valence electrons. The van der Waals surface area contributed by atoms with E-state index in [1.807, 2.05) is 6.07 Å². The lowest BCUT2D eigenvalue weighted by atomic mass is 9.90. The van der Waals surface area contributed by atoms with Crippen LogP contribution >= 0.6 is 0 Å².